The van der Waals surface area contributed by atoms with E-state index in [0.29, 0.717) is 0 Å². The van der Waals surface area contributed by atoms with Crippen molar-refractivity contribution in [3.63, 3.8) is 0 Å². The lowest BCUT2D eigenvalue weighted by molar-refractivity contribution is 1.20. The van der Waals surface area contributed by atoms with Crippen LogP contribution < -0.4 is 0 Å². The molecule has 1 aromatic rings. The van der Waals surface area contributed by atoms with E-state index in [0.717, 1.165) is 5.69 Å². The van der Waals surface area contributed by atoms with Crippen LogP contribution in [0.15, 0.2) is 31.5 Å². The first-order valence-electron chi connectivity index (χ1n) is 5.28. The lowest BCUT2D eigenvalue weighted by atomic mass is 10.2. The minimum absolute atomic E-state index is 0.977. The van der Waals surface area contributed by atoms with Crippen molar-refractivity contribution < 1.29 is 0 Å². The molecule has 0 aliphatic carbocycles. The topological polar surface area (TPSA) is 12.9 Å². The van der Waals surface area contributed by atoms with Crippen molar-refractivity contribution in [1.82, 2.24) is 4.98 Å². The lowest BCUT2D eigenvalue weighted by Crippen LogP contribution is -1.86. The molecular formula is C14H23N. The van der Waals surface area contributed by atoms with Gasteiger partial charge in [0, 0.05) is 6.20 Å². The molecule has 0 saturated carbocycles. The van der Waals surface area contributed by atoms with Gasteiger partial charge in [0.15, 0.2) is 0 Å². The minimum Gasteiger partial charge on any atom is -0.256 e. The molecule has 0 saturated heterocycles. The second kappa shape index (κ2) is 10.7. The molecule has 1 nitrogen and oxygen atoms in total. The fourth-order valence-electron chi connectivity index (χ4n) is 0.940. The van der Waals surface area contributed by atoms with E-state index < -0.39 is 0 Å². The number of hydrogen-bond donors (Lipinski definition) is 0. The maximum atomic E-state index is 4.18. The molecule has 0 radical (unpaired) electrons. The summed E-state index contributed by atoms with van der Waals surface area (Å²) in [5, 5.41) is 0. The van der Waals surface area contributed by atoms with Crippen molar-refractivity contribution in [3.05, 3.63) is 48.3 Å². The van der Waals surface area contributed by atoms with Gasteiger partial charge >= 0.3 is 0 Å². The maximum absolute atomic E-state index is 4.18. The molecule has 1 rings (SSSR count). The molecule has 0 spiro atoms. The predicted molar refractivity (Wildman–Crippen MR) is 71.0 cm³/mol. The molecule has 84 valence electrons. The second-order valence-electron chi connectivity index (χ2n) is 2.83. The minimum atomic E-state index is 0.977. The summed E-state index contributed by atoms with van der Waals surface area (Å²) in [6.45, 7) is 17.0. The van der Waals surface area contributed by atoms with Crippen LogP contribution in [0.4, 0.5) is 0 Å². The molecule has 0 amide bonds. The van der Waals surface area contributed by atoms with Crippen molar-refractivity contribution in [1.29, 1.82) is 0 Å². The third-order valence-corrected chi connectivity index (χ3v) is 1.45. The number of aryl methyl sites for hydroxylation is 2. The molecule has 0 aliphatic rings. The number of aromatic nitrogens is 1. The van der Waals surface area contributed by atoms with Crippen LogP contribution in [-0.4, -0.2) is 4.98 Å². The molecular weight excluding hydrogens is 182 g/mol. The van der Waals surface area contributed by atoms with Crippen LogP contribution in [-0.2, 0) is 0 Å². The van der Waals surface area contributed by atoms with Crippen LogP contribution in [0.5, 0.6) is 0 Å². The highest BCUT2D eigenvalue weighted by Crippen LogP contribution is 2.06. The molecule has 1 aromatic heterocycles. The largest absolute Gasteiger partial charge is 0.256 e. The third kappa shape index (κ3) is 7.68. The van der Waals surface area contributed by atoms with Gasteiger partial charge in [0.05, 0.1) is 5.69 Å². The zero-order chi connectivity index (χ0) is 12.3. The number of pyridine rings is 1. The molecule has 0 unspecified atom stereocenters. The highest BCUT2D eigenvalue weighted by molar-refractivity contribution is 5.46. The molecule has 0 atom stereocenters. The van der Waals surface area contributed by atoms with Gasteiger partial charge in [-0.3, -0.25) is 4.98 Å². The average Bonchev–Trinajstić information content (AvgIpc) is 2.22. The lowest BCUT2D eigenvalue weighted by Gasteiger charge is -1.98. The van der Waals surface area contributed by atoms with E-state index >= 15 is 0 Å². The van der Waals surface area contributed by atoms with Crippen LogP contribution in [0.2, 0.25) is 0 Å². The summed E-state index contributed by atoms with van der Waals surface area (Å²) >= 11 is 0. The Morgan fingerprint density at radius 3 is 2.00 bits per heavy atom. The first-order valence-corrected chi connectivity index (χ1v) is 5.28. The monoisotopic (exact) mass is 205 g/mol. The molecule has 1 heteroatoms. The molecule has 0 N–H and O–H groups in total. The quantitative estimate of drug-likeness (QED) is 0.612. The van der Waals surface area contributed by atoms with Gasteiger partial charge in [0.25, 0.3) is 0 Å². The van der Waals surface area contributed by atoms with Gasteiger partial charge in [-0.2, -0.15) is 0 Å². The highest BCUT2D eigenvalue weighted by Gasteiger charge is 1.92. The Balaban J connectivity index is 0. The summed E-state index contributed by atoms with van der Waals surface area (Å²) in [4.78, 5) is 4.18. The van der Waals surface area contributed by atoms with Crippen molar-refractivity contribution in [2.75, 3.05) is 0 Å². The molecule has 0 bridgehead atoms. The fourth-order valence-corrected chi connectivity index (χ4v) is 0.940. The van der Waals surface area contributed by atoms with E-state index in [1.54, 1.807) is 12.2 Å². The first kappa shape index (κ1) is 16.1. The summed E-state index contributed by atoms with van der Waals surface area (Å²) in [5.41, 5.74) is 3.36. The van der Waals surface area contributed by atoms with Gasteiger partial charge in [-0.1, -0.05) is 32.6 Å². The number of nitrogens with zero attached hydrogens (tertiary/aromatic N) is 1. The van der Waals surface area contributed by atoms with Gasteiger partial charge in [0.2, 0.25) is 0 Å². The molecule has 15 heavy (non-hydrogen) atoms. The zero-order valence-corrected chi connectivity index (χ0v) is 10.7. The normalized spacial score (nSPS) is 7.53. The van der Waals surface area contributed by atoms with Gasteiger partial charge < -0.3 is 0 Å². The van der Waals surface area contributed by atoms with Crippen molar-refractivity contribution in [2.45, 2.75) is 34.6 Å². The van der Waals surface area contributed by atoms with Crippen molar-refractivity contribution in [3.8, 4) is 0 Å². The van der Waals surface area contributed by atoms with Crippen LogP contribution in [0.3, 0.4) is 0 Å². The Bertz CT molecular complexity index is 287. The predicted octanol–water partition coefficient (Wildman–Crippen LogP) is 4.56. The Kier molecular flexibility index (Phi) is 11.5. The second-order valence-corrected chi connectivity index (χ2v) is 2.83. The van der Waals surface area contributed by atoms with Crippen LogP contribution in [0.25, 0.3) is 6.08 Å². The summed E-state index contributed by atoms with van der Waals surface area (Å²) in [6.07, 6.45) is 5.37. The summed E-state index contributed by atoms with van der Waals surface area (Å²) < 4.78 is 0. The smallest absolute Gasteiger partial charge is 0.0653 e. The van der Waals surface area contributed by atoms with Crippen LogP contribution in [0.1, 0.15) is 37.6 Å². The standard InChI is InChI=1S/C9H11N.C3H6.C2H6/c1-4-9-8(3)5-7(2)6-10-9;1-3-2;1-2/h4-6H,1H2,2-3H3;3H,1H2,2H3;1-2H3. The van der Waals surface area contributed by atoms with Gasteiger partial charge in [-0.05, 0) is 38.0 Å². The third-order valence-electron chi connectivity index (χ3n) is 1.45. The number of rotatable bonds is 1. The van der Waals surface area contributed by atoms with Crippen molar-refractivity contribution >= 4 is 6.08 Å². The molecule has 0 aromatic carbocycles. The SMILES string of the molecule is C=CC.C=Cc1ncc(C)cc1C.CC. The van der Waals surface area contributed by atoms with Gasteiger partial charge in [0.1, 0.15) is 0 Å². The van der Waals surface area contributed by atoms with E-state index in [1.807, 2.05) is 40.8 Å². The Morgan fingerprint density at radius 2 is 1.67 bits per heavy atom. The molecule has 0 aliphatic heterocycles. The van der Waals surface area contributed by atoms with E-state index in [2.05, 4.69) is 24.2 Å². The maximum Gasteiger partial charge on any atom is 0.0653 e. The number of allylic oxidation sites excluding steroid dienone is 1. The molecule has 1 heterocycles. The Morgan fingerprint density at radius 1 is 1.20 bits per heavy atom. The summed E-state index contributed by atoms with van der Waals surface area (Å²) in [5.74, 6) is 0. The van der Waals surface area contributed by atoms with E-state index in [1.165, 1.54) is 11.1 Å². The Hall–Kier alpha value is -1.37. The van der Waals surface area contributed by atoms with E-state index in [4.69, 9.17) is 0 Å². The van der Waals surface area contributed by atoms with Gasteiger partial charge in [-0.15, -0.1) is 6.58 Å². The highest BCUT2D eigenvalue weighted by atomic mass is 14.7. The van der Waals surface area contributed by atoms with Crippen molar-refractivity contribution in [2.24, 2.45) is 0 Å². The first-order chi connectivity index (χ1) is 7.15. The van der Waals surface area contributed by atoms with E-state index in [9.17, 15) is 0 Å². The zero-order valence-electron chi connectivity index (χ0n) is 10.7. The molecule has 0 fully saturated rings. The Labute approximate surface area is 94.6 Å². The van der Waals surface area contributed by atoms with Crippen LogP contribution in [0, 0.1) is 13.8 Å². The average molecular weight is 205 g/mol. The summed E-state index contributed by atoms with van der Waals surface area (Å²) in [6, 6.07) is 2.10. The van der Waals surface area contributed by atoms with Gasteiger partial charge in [-0.25, -0.2) is 0 Å². The van der Waals surface area contributed by atoms with E-state index in [-0.39, 0.29) is 0 Å². The summed E-state index contributed by atoms with van der Waals surface area (Å²) in [7, 11) is 0. The number of hydrogen-bond acceptors (Lipinski definition) is 1. The van der Waals surface area contributed by atoms with Crippen LogP contribution >= 0.6 is 0 Å². The fraction of sp³-hybridized carbons (Fsp3) is 0.357.